The number of nitrogens with two attached hydrogens (primary N) is 3. The minimum atomic E-state index is -1.13. The number of amides is 1. The van der Waals surface area contributed by atoms with Gasteiger partial charge in [-0.05, 0) is 19.4 Å². The van der Waals surface area contributed by atoms with Crippen molar-refractivity contribution in [2.45, 2.75) is 25.3 Å². The second-order valence-corrected chi connectivity index (χ2v) is 2.63. The molecule has 0 rings (SSSR count). The highest BCUT2D eigenvalue weighted by Crippen LogP contribution is 1.99. The number of ether oxygens (including phenoxy) is 1. The van der Waals surface area contributed by atoms with Crippen LogP contribution in [-0.4, -0.2) is 24.6 Å². The number of rotatable bonds is 5. The van der Waals surface area contributed by atoms with E-state index >= 15 is 0 Å². The molecule has 14 heavy (non-hydrogen) atoms. The van der Waals surface area contributed by atoms with Crippen LogP contribution in [0.1, 0.15) is 19.3 Å². The number of hydrogen-bond donors (Lipinski definition) is 3. The predicted octanol–water partition coefficient (Wildman–Crippen LogP) is -0.514. The van der Waals surface area contributed by atoms with Crippen LogP contribution in [0.2, 0.25) is 0 Å². The molecule has 1 amide bonds. The highest BCUT2D eigenvalue weighted by molar-refractivity contribution is 5.86. The fraction of sp³-hybridized carbons (Fsp3) is 0.714. The maximum absolute atomic E-state index is 10.9. The van der Waals surface area contributed by atoms with E-state index in [1.807, 2.05) is 0 Å². The maximum Gasteiger partial charge on any atom is 0.412 e. The summed E-state index contributed by atoms with van der Waals surface area (Å²) in [5.41, 5.74) is 15.3. The Morgan fingerprint density at radius 2 is 1.86 bits per heavy atom. The fourth-order valence-electron chi connectivity index (χ4n) is 0.801. The Morgan fingerprint density at radius 3 is 2.29 bits per heavy atom. The summed E-state index contributed by atoms with van der Waals surface area (Å²) in [6.45, 7) is 0.553. The molecule has 0 aliphatic rings. The molecule has 0 aliphatic carbocycles. The van der Waals surface area contributed by atoms with Crippen LogP contribution >= 0.6 is 12.4 Å². The van der Waals surface area contributed by atoms with Crippen molar-refractivity contribution < 1.29 is 14.3 Å². The summed E-state index contributed by atoms with van der Waals surface area (Å²) in [5.74, 6) is -0.787. The highest BCUT2D eigenvalue weighted by atomic mass is 35.5. The van der Waals surface area contributed by atoms with E-state index in [2.05, 4.69) is 10.5 Å². The van der Waals surface area contributed by atoms with Crippen LogP contribution in [0.25, 0.3) is 0 Å². The molecule has 0 saturated carbocycles. The van der Waals surface area contributed by atoms with Gasteiger partial charge in [0.05, 0.1) is 0 Å². The molecule has 0 aromatic rings. The van der Waals surface area contributed by atoms with Crippen molar-refractivity contribution in [1.29, 1.82) is 0 Å². The van der Waals surface area contributed by atoms with Gasteiger partial charge in [-0.15, -0.1) is 12.4 Å². The topological polar surface area (TPSA) is 121 Å². The van der Waals surface area contributed by atoms with Gasteiger partial charge in [0, 0.05) is 0 Å². The second kappa shape index (κ2) is 8.74. The van der Waals surface area contributed by atoms with E-state index in [1.54, 1.807) is 0 Å². The minimum absolute atomic E-state index is 0. The Balaban J connectivity index is 0. The molecule has 0 saturated heterocycles. The number of unbranched alkanes of at least 4 members (excludes halogenated alkanes) is 1. The van der Waals surface area contributed by atoms with E-state index in [0.29, 0.717) is 13.0 Å². The lowest BCUT2D eigenvalue weighted by atomic mass is 10.1. The first kappa shape index (κ1) is 15.6. The highest BCUT2D eigenvalue weighted by Gasteiger charge is 2.16. The first-order chi connectivity index (χ1) is 6.07. The van der Waals surface area contributed by atoms with Crippen LogP contribution < -0.4 is 17.2 Å². The number of carbonyl (C=O) groups is 2. The van der Waals surface area contributed by atoms with E-state index < -0.39 is 18.1 Å². The van der Waals surface area contributed by atoms with Gasteiger partial charge in [0.1, 0.15) is 6.04 Å². The van der Waals surface area contributed by atoms with Gasteiger partial charge < -0.3 is 21.9 Å². The van der Waals surface area contributed by atoms with Crippen molar-refractivity contribution in [2.75, 3.05) is 6.54 Å². The normalized spacial score (nSPS) is 11.3. The van der Waals surface area contributed by atoms with E-state index in [9.17, 15) is 9.59 Å². The summed E-state index contributed by atoms with van der Waals surface area (Å²) in [5, 5.41) is 0. The molecule has 0 aromatic carbocycles. The molecule has 1 unspecified atom stereocenters. The number of hydrogen-bond acceptors (Lipinski definition) is 5. The third-order valence-electron chi connectivity index (χ3n) is 1.47. The molecule has 0 aliphatic heterocycles. The van der Waals surface area contributed by atoms with Crippen molar-refractivity contribution >= 4 is 24.5 Å². The Labute approximate surface area is 88.5 Å². The zero-order chi connectivity index (χ0) is 10.3. The molecule has 0 spiro atoms. The average molecular weight is 226 g/mol. The Morgan fingerprint density at radius 1 is 1.29 bits per heavy atom. The smallest absolute Gasteiger partial charge is 0.375 e. The van der Waals surface area contributed by atoms with Crippen LogP contribution in [0.4, 0.5) is 4.79 Å². The third kappa shape index (κ3) is 7.78. The van der Waals surface area contributed by atoms with Crippen LogP contribution in [0, 0.1) is 0 Å². The average Bonchev–Trinajstić information content (AvgIpc) is 2.03. The van der Waals surface area contributed by atoms with Crippen LogP contribution in [0.5, 0.6) is 0 Å². The molecule has 1 atom stereocenters. The molecule has 0 aromatic heterocycles. The van der Waals surface area contributed by atoms with E-state index in [4.69, 9.17) is 11.5 Å². The lowest BCUT2D eigenvalue weighted by Gasteiger charge is -2.07. The Kier molecular flexibility index (Phi) is 9.74. The van der Waals surface area contributed by atoms with Crippen molar-refractivity contribution in [3.05, 3.63) is 0 Å². The van der Waals surface area contributed by atoms with E-state index in [-0.39, 0.29) is 12.4 Å². The molecule has 0 bridgehead atoms. The summed E-state index contributed by atoms with van der Waals surface area (Å²) in [6.07, 6.45) is 0.839. The van der Waals surface area contributed by atoms with Gasteiger partial charge in [0.25, 0.3) is 0 Å². The zero-order valence-electron chi connectivity index (χ0n) is 7.77. The van der Waals surface area contributed by atoms with Crippen LogP contribution in [0.15, 0.2) is 0 Å². The van der Waals surface area contributed by atoms with E-state index in [0.717, 1.165) is 12.8 Å². The largest absolute Gasteiger partial charge is 0.412 e. The third-order valence-corrected chi connectivity index (χ3v) is 1.47. The predicted molar refractivity (Wildman–Crippen MR) is 53.8 cm³/mol. The van der Waals surface area contributed by atoms with Crippen LogP contribution in [0.3, 0.4) is 0 Å². The lowest BCUT2D eigenvalue weighted by molar-refractivity contribution is -0.138. The van der Waals surface area contributed by atoms with Gasteiger partial charge in [-0.1, -0.05) is 6.42 Å². The van der Waals surface area contributed by atoms with Gasteiger partial charge in [-0.2, -0.15) is 0 Å². The lowest BCUT2D eigenvalue weighted by Crippen LogP contribution is -2.35. The molecule has 6 N–H and O–H groups in total. The zero-order valence-corrected chi connectivity index (χ0v) is 8.59. The molecule has 84 valence electrons. The molecule has 0 radical (unpaired) electrons. The van der Waals surface area contributed by atoms with Gasteiger partial charge in [0.15, 0.2) is 0 Å². The van der Waals surface area contributed by atoms with Crippen LogP contribution in [-0.2, 0) is 9.53 Å². The number of carbonyl (C=O) groups excluding carboxylic acids is 2. The number of primary amides is 1. The standard InChI is InChI=1S/C7H15N3O3.ClH/c8-4-2-1-3-5(9)6(11)13-7(10)12;/h5H,1-4,8-9H2,(H2,10,12);1H. The summed E-state index contributed by atoms with van der Waals surface area (Å²) in [4.78, 5) is 21.0. The van der Waals surface area contributed by atoms with Crippen molar-refractivity contribution in [3.8, 4) is 0 Å². The SMILES string of the molecule is Cl.NCCCCC(N)C(=O)OC(N)=O. The fourth-order valence-corrected chi connectivity index (χ4v) is 0.801. The molecule has 0 fully saturated rings. The molecular formula is C7H16ClN3O3. The maximum atomic E-state index is 10.9. The Bertz CT molecular complexity index is 189. The summed E-state index contributed by atoms with van der Waals surface area (Å²) in [7, 11) is 0. The second-order valence-electron chi connectivity index (χ2n) is 2.63. The van der Waals surface area contributed by atoms with Gasteiger partial charge in [0.2, 0.25) is 0 Å². The molecular weight excluding hydrogens is 210 g/mol. The summed E-state index contributed by atoms with van der Waals surface area (Å²) < 4.78 is 4.09. The first-order valence-corrected chi connectivity index (χ1v) is 4.04. The Hall–Kier alpha value is -0.850. The number of esters is 1. The van der Waals surface area contributed by atoms with Gasteiger partial charge in [-0.3, -0.25) is 0 Å². The quantitative estimate of drug-likeness (QED) is 0.330. The van der Waals surface area contributed by atoms with E-state index in [1.165, 1.54) is 0 Å². The summed E-state index contributed by atoms with van der Waals surface area (Å²) >= 11 is 0. The molecule has 6 nitrogen and oxygen atoms in total. The van der Waals surface area contributed by atoms with Gasteiger partial charge >= 0.3 is 12.1 Å². The van der Waals surface area contributed by atoms with Crippen molar-refractivity contribution in [1.82, 2.24) is 0 Å². The van der Waals surface area contributed by atoms with Crippen molar-refractivity contribution in [2.24, 2.45) is 17.2 Å². The summed E-state index contributed by atoms with van der Waals surface area (Å²) in [6, 6.07) is -0.793. The van der Waals surface area contributed by atoms with Gasteiger partial charge in [-0.25, -0.2) is 9.59 Å². The molecule has 7 heteroatoms. The molecule has 0 heterocycles. The monoisotopic (exact) mass is 225 g/mol. The minimum Gasteiger partial charge on any atom is -0.375 e. The first-order valence-electron chi connectivity index (χ1n) is 4.04. The number of halogens is 1. The van der Waals surface area contributed by atoms with Crippen molar-refractivity contribution in [3.63, 3.8) is 0 Å².